The van der Waals surface area contributed by atoms with Crippen molar-refractivity contribution >= 4 is 6.09 Å². The topological polar surface area (TPSA) is 79.5 Å². The van der Waals surface area contributed by atoms with Crippen molar-refractivity contribution in [2.24, 2.45) is 11.8 Å². The van der Waals surface area contributed by atoms with Gasteiger partial charge in [-0.2, -0.15) is 4.98 Å². The van der Waals surface area contributed by atoms with Crippen molar-refractivity contribution in [2.75, 3.05) is 13.1 Å². The fourth-order valence-electron chi connectivity index (χ4n) is 2.94. The highest BCUT2D eigenvalue weighted by atomic mass is 16.5. The molecule has 1 aromatic heterocycles. The Morgan fingerprint density at radius 2 is 2.06 bits per heavy atom. The summed E-state index contributed by atoms with van der Waals surface area (Å²) in [6, 6.07) is 0. The van der Waals surface area contributed by atoms with Gasteiger partial charge in [0, 0.05) is 24.9 Å². The van der Waals surface area contributed by atoms with Crippen LogP contribution < -0.4 is 0 Å². The van der Waals surface area contributed by atoms with Crippen LogP contribution in [0.5, 0.6) is 0 Å². The van der Waals surface area contributed by atoms with Gasteiger partial charge in [-0.15, -0.1) is 0 Å². The van der Waals surface area contributed by atoms with Crippen molar-refractivity contribution in [1.29, 1.82) is 0 Å². The van der Waals surface area contributed by atoms with Gasteiger partial charge in [0.2, 0.25) is 5.89 Å². The Kier molecular flexibility index (Phi) is 1.66. The lowest BCUT2D eigenvalue weighted by Gasteiger charge is -2.14. The minimum absolute atomic E-state index is 0.335. The fraction of sp³-hybridized carbons (Fsp3) is 0.727. The molecule has 17 heavy (non-hydrogen) atoms. The molecule has 2 heterocycles. The van der Waals surface area contributed by atoms with E-state index in [1.54, 1.807) is 0 Å². The summed E-state index contributed by atoms with van der Waals surface area (Å²) in [5, 5.41) is 12.9. The van der Waals surface area contributed by atoms with E-state index in [2.05, 4.69) is 10.1 Å². The van der Waals surface area contributed by atoms with Gasteiger partial charge in [-0.3, -0.25) is 0 Å². The van der Waals surface area contributed by atoms with Gasteiger partial charge in [-0.25, -0.2) is 4.79 Å². The lowest BCUT2D eigenvalue weighted by molar-refractivity contribution is 0.149. The molecule has 3 fully saturated rings. The van der Waals surface area contributed by atoms with Crippen LogP contribution in [-0.2, 0) is 0 Å². The summed E-state index contributed by atoms with van der Waals surface area (Å²) < 4.78 is 5.24. The largest absolute Gasteiger partial charge is 0.465 e. The third kappa shape index (κ3) is 1.36. The van der Waals surface area contributed by atoms with E-state index in [0.29, 0.717) is 36.8 Å². The molecule has 1 aliphatic heterocycles. The van der Waals surface area contributed by atoms with Crippen molar-refractivity contribution in [3.63, 3.8) is 0 Å². The van der Waals surface area contributed by atoms with Gasteiger partial charge in [0.25, 0.3) is 0 Å². The number of piperidine rings is 1. The first kappa shape index (κ1) is 9.44. The summed E-state index contributed by atoms with van der Waals surface area (Å²) >= 11 is 0. The van der Waals surface area contributed by atoms with Crippen LogP contribution in [-0.4, -0.2) is 39.3 Å². The van der Waals surface area contributed by atoms with Crippen LogP contribution in [0.15, 0.2) is 4.52 Å². The van der Waals surface area contributed by atoms with Crippen molar-refractivity contribution < 1.29 is 14.4 Å². The van der Waals surface area contributed by atoms with Crippen LogP contribution in [0.4, 0.5) is 4.79 Å². The molecule has 90 valence electrons. The molecule has 1 saturated heterocycles. The zero-order chi connectivity index (χ0) is 11.6. The van der Waals surface area contributed by atoms with Gasteiger partial charge < -0.3 is 14.5 Å². The van der Waals surface area contributed by atoms with Crippen LogP contribution in [0.1, 0.15) is 36.4 Å². The monoisotopic (exact) mass is 235 g/mol. The molecule has 1 N–H and O–H groups in total. The lowest BCUT2D eigenvalue weighted by atomic mass is 10.2. The minimum atomic E-state index is -0.817. The maximum Gasteiger partial charge on any atom is 0.407 e. The number of carbonyl (C=O) groups is 1. The van der Waals surface area contributed by atoms with Gasteiger partial charge in [0.15, 0.2) is 5.82 Å². The van der Waals surface area contributed by atoms with Gasteiger partial charge in [0.05, 0.1) is 0 Å². The van der Waals surface area contributed by atoms with E-state index in [-0.39, 0.29) is 0 Å². The number of fused-ring (bicyclic) bond motifs is 1. The Balaban J connectivity index is 1.47. The number of aromatic nitrogens is 2. The van der Waals surface area contributed by atoms with Crippen LogP contribution in [0.3, 0.4) is 0 Å². The third-order valence-electron chi connectivity index (χ3n) is 4.15. The first-order valence-electron chi connectivity index (χ1n) is 6.05. The number of hydrogen-bond acceptors (Lipinski definition) is 4. The fourth-order valence-corrected chi connectivity index (χ4v) is 2.94. The van der Waals surface area contributed by atoms with E-state index in [0.717, 1.165) is 24.6 Å². The van der Waals surface area contributed by atoms with Crippen LogP contribution >= 0.6 is 0 Å². The summed E-state index contributed by atoms with van der Waals surface area (Å²) in [4.78, 5) is 16.7. The predicted molar refractivity (Wildman–Crippen MR) is 55.6 cm³/mol. The predicted octanol–water partition coefficient (Wildman–Crippen LogP) is 1.27. The summed E-state index contributed by atoms with van der Waals surface area (Å²) in [5.41, 5.74) is 0. The molecule has 3 aliphatic rings. The van der Waals surface area contributed by atoms with Gasteiger partial charge >= 0.3 is 6.09 Å². The van der Waals surface area contributed by atoms with Crippen molar-refractivity contribution in [2.45, 2.75) is 24.7 Å². The zero-order valence-corrected chi connectivity index (χ0v) is 9.24. The van der Waals surface area contributed by atoms with Crippen LogP contribution in [0.2, 0.25) is 0 Å². The molecule has 4 rings (SSSR count). The second-order valence-corrected chi connectivity index (χ2v) is 5.31. The van der Waals surface area contributed by atoms with Crippen molar-refractivity contribution in [3.8, 4) is 0 Å². The summed E-state index contributed by atoms with van der Waals surface area (Å²) in [6.45, 7) is 1.25. The molecule has 3 atom stereocenters. The molecule has 1 amide bonds. The number of amides is 1. The maximum atomic E-state index is 10.8. The van der Waals surface area contributed by atoms with Crippen LogP contribution in [0, 0.1) is 11.8 Å². The SMILES string of the molecule is O=C(O)N1C[C@@H]2C(c3noc(C4CC4)n3)[C@@H]2C1. The molecule has 2 aliphatic carbocycles. The van der Waals surface area contributed by atoms with Crippen molar-refractivity contribution in [1.82, 2.24) is 15.0 Å². The molecule has 0 aromatic carbocycles. The highest BCUT2D eigenvalue weighted by Crippen LogP contribution is 2.57. The average molecular weight is 235 g/mol. The summed E-state index contributed by atoms with van der Waals surface area (Å²) in [7, 11) is 0. The molecular weight excluding hydrogens is 222 g/mol. The normalized spacial score (nSPS) is 34.8. The van der Waals surface area contributed by atoms with E-state index in [1.165, 1.54) is 4.90 Å². The first-order chi connectivity index (χ1) is 8.24. The van der Waals surface area contributed by atoms with Crippen molar-refractivity contribution in [3.05, 3.63) is 11.7 Å². The first-order valence-corrected chi connectivity index (χ1v) is 6.05. The standard InChI is InChI=1S/C11H13N3O3/c15-11(16)14-3-6-7(4-14)8(6)9-12-10(17-13-9)5-1-2-5/h5-8H,1-4H2,(H,15,16)/t6-,7+,8?. The molecule has 0 spiro atoms. The number of likely N-dealkylation sites (tertiary alicyclic amines) is 1. The van der Waals surface area contributed by atoms with Gasteiger partial charge in [-0.1, -0.05) is 5.16 Å². The number of hydrogen-bond donors (Lipinski definition) is 1. The summed E-state index contributed by atoms with van der Waals surface area (Å²) in [6.07, 6.45) is 1.50. The van der Waals surface area contributed by atoms with E-state index >= 15 is 0 Å². The molecule has 6 nitrogen and oxygen atoms in total. The third-order valence-corrected chi connectivity index (χ3v) is 4.15. The van der Waals surface area contributed by atoms with Gasteiger partial charge in [0.1, 0.15) is 0 Å². The highest BCUT2D eigenvalue weighted by molar-refractivity contribution is 5.66. The molecular formula is C11H13N3O3. The molecule has 0 bridgehead atoms. The Morgan fingerprint density at radius 3 is 2.65 bits per heavy atom. The highest BCUT2D eigenvalue weighted by Gasteiger charge is 2.59. The number of carboxylic acid groups (broad SMARTS) is 1. The van der Waals surface area contributed by atoms with Gasteiger partial charge in [-0.05, 0) is 24.7 Å². The van der Waals surface area contributed by atoms with E-state index in [9.17, 15) is 4.79 Å². The molecule has 1 aromatic rings. The Morgan fingerprint density at radius 1 is 1.35 bits per heavy atom. The molecule has 6 heteroatoms. The van der Waals surface area contributed by atoms with E-state index < -0.39 is 6.09 Å². The Hall–Kier alpha value is -1.59. The molecule has 2 saturated carbocycles. The molecule has 0 radical (unpaired) electrons. The smallest absolute Gasteiger partial charge is 0.407 e. The Bertz CT molecular complexity index is 470. The second-order valence-electron chi connectivity index (χ2n) is 5.31. The molecule has 1 unspecified atom stereocenters. The van der Waals surface area contributed by atoms with E-state index in [1.807, 2.05) is 0 Å². The number of nitrogens with zero attached hydrogens (tertiary/aromatic N) is 3. The average Bonchev–Trinajstić information content (AvgIpc) is 3.17. The minimum Gasteiger partial charge on any atom is -0.465 e. The Labute approximate surface area is 97.6 Å². The zero-order valence-electron chi connectivity index (χ0n) is 9.24. The number of rotatable bonds is 2. The maximum absolute atomic E-state index is 10.8. The summed E-state index contributed by atoms with van der Waals surface area (Å²) in [5.74, 6) is 3.23. The van der Waals surface area contributed by atoms with Crippen LogP contribution in [0.25, 0.3) is 0 Å². The van der Waals surface area contributed by atoms with E-state index in [4.69, 9.17) is 9.63 Å². The quantitative estimate of drug-likeness (QED) is 0.835. The second kappa shape index (κ2) is 3.00. The lowest BCUT2D eigenvalue weighted by Crippen LogP contribution is -2.29.